The summed E-state index contributed by atoms with van der Waals surface area (Å²) in [6.45, 7) is 0.952. The molecule has 0 fully saturated rings. The van der Waals surface area contributed by atoms with Crippen molar-refractivity contribution in [3.8, 4) is 29.0 Å². The van der Waals surface area contributed by atoms with Gasteiger partial charge in [-0.15, -0.1) is 0 Å². The highest BCUT2D eigenvalue weighted by atomic mass is 19.1. The number of hydrogen-bond acceptors (Lipinski definition) is 8. The summed E-state index contributed by atoms with van der Waals surface area (Å²) in [7, 11) is 3.06. The number of benzene rings is 3. The van der Waals surface area contributed by atoms with Crippen LogP contribution in [0.2, 0.25) is 0 Å². The molecule has 0 bridgehead atoms. The molecule has 0 aliphatic carbocycles. The summed E-state index contributed by atoms with van der Waals surface area (Å²) in [6, 6.07) is 22.1. The molecular weight excluding hydrogens is 539 g/mol. The molecule has 9 nitrogen and oxygen atoms in total. The number of ether oxygens (including phenoxy) is 3. The molecule has 214 valence electrons. The molecule has 1 atom stereocenters. The van der Waals surface area contributed by atoms with E-state index < -0.39 is 12.1 Å². The van der Waals surface area contributed by atoms with Gasteiger partial charge in [0.1, 0.15) is 24.0 Å². The maximum absolute atomic E-state index is 14.2. The van der Waals surface area contributed by atoms with Crippen LogP contribution < -0.4 is 4.74 Å². The van der Waals surface area contributed by atoms with Gasteiger partial charge in [0.05, 0.1) is 35.0 Å². The van der Waals surface area contributed by atoms with Crippen LogP contribution in [0.25, 0.3) is 22.3 Å². The van der Waals surface area contributed by atoms with Crippen molar-refractivity contribution in [3.63, 3.8) is 0 Å². The summed E-state index contributed by atoms with van der Waals surface area (Å²) in [5.74, 6) is 0.595. The number of fused-ring (bicyclic) bond motifs is 1. The number of rotatable bonds is 11. The van der Waals surface area contributed by atoms with Crippen LogP contribution in [0.4, 0.5) is 4.39 Å². The Labute approximate surface area is 242 Å². The molecule has 10 heteroatoms. The van der Waals surface area contributed by atoms with E-state index in [0.717, 1.165) is 16.9 Å². The summed E-state index contributed by atoms with van der Waals surface area (Å²) in [4.78, 5) is 9.30. The van der Waals surface area contributed by atoms with E-state index in [1.807, 2.05) is 34.9 Å². The van der Waals surface area contributed by atoms with Gasteiger partial charge in [0, 0.05) is 55.5 Å². The second-order valence-corrected chi connectivity index (χ2v) is 9.60. The van der Waals surface area contributed by atoms with Gasteiger partial charge < -0.3 is 29.0 Å². The Morgan fingerprint density at radius 2 is 1.83 bits per heavy atom. The number of phenolic OH excluding ortho intramolecular Hbond substituents is 1. The molecule has 5 aromatic rings. The molecule has 2 aromatic heterocycles. The smallest absolute Gasteiger partial charge is 0.214 e. The highest BCUT2D eigenvalue weighted by Crippen LogP contribution is 2.30. The number of imidazole rings is 1. The predicted octanol–water partition coefficient (Wildman–Crippen LogP) is 5.27. The van der Waals surface area contributed by atoms with E-state index in [-0.39, 0.29) is 17.9 Å². The number of phenols is 1. The lowest BCUT2D eigenvalue weighted by molar-refractivity contribution is -0.0768. The molecule has 1 unspecified atom stereocenters. The van der Waals surface area contributed by atoms with Crippen LogP contribution in [-0.2, 0) is 29.0 Å². The summed E-state index contributed by atoms with van der Waals surface area (Å²) in [5.41, 5.74) is 4.67. The molecule has 0 radical (unpaired) electrons. The van der Waals surface area contributed by atoms with Crippen LogP contribution in [0.15, 0.2) is 72.8 Å². The third-order valence-electron chi connectivity index (χ3n) is 6.89. The molecule has 2 N–H and O–H groups in total. The Morgan fingerprint density at radius 3 is 2.57 bits per heavy atom. The van der Waals surface area contributed by atoms with E-state index in [0.29, 0.717) is 53.4 Å². The minimum Gasteiger partial charge on any atom is -0.508 e. The Balaban J connectivity index is 1.36. The summed E-state index contributed by atoms with van der Waals surface area (Å²) < 4.78 is 32.3. The molecule has 3 aromatic carbocycles. The lowest BCUT2D eigenvalue weighted by atomic mass is 10.0. The number of halogens is 1. The van der Waals surface area contributed by atoms with Crippen molar-refractivity contribution in [2.75, 3.05) is 20.8 Å². The largest absolute Gasteiger partial charge is 0.508 e. The zero-order valence-corrected chi connectivity index (χ0v) is 23.1. The first-order chi connectivity index (χ1) is 20.4. The number of nitriles is 1. The highest BCUT2D eigenvalue weighted by molar-refractivity contribution is 5.77. The fourth-order valence-electron chi connectivity index (χ4n) is 4.63. The van der Waals surface area contributed by atoms with Gasteiger partial charge in [-0.2, -0.15) is 5.26 Å². The highest BCUT2D eigenvalue weighted by Gasteiger charge is 2.16. The number of aromatic nitrogens is 3. The zero-order valence-electron chi connectivity index (χ0n) is 23.1. The molecule has 0 saturated carbocycles. The maximum atomic E-state index is 14.2. The zero-order chi connectivity index (χ0) is 29.6. The topological polar surface area (TPSA) is 123 Å². The number of nitrogens with zero attached hydrogens (tertiary/aromatic N) is 4. The molecule has 0 aliphatic rings. The SMILES string of the molecule is COCCn1c(Cc2ccc(-c3cccc(OCc4ccc(C#N)cc4F)n3)cc2O)nc2ccc(C(O)OC)cc21. The van der Waals surface area contributed by atoms with Gasteiger partial charge in [-0.3, -0.25) is 0 Å². The first kappa shape index (κ1) is 28.7. The van der Waals surface area contributed by atoms with Crippen molar-refractivity contribution in [2.45, 2.75) is 25.9 Å². The summed E-state index contributed by atoms with van der Waals surface area (Å²) >= 11 is 0. The molecular formula is C32H29FN4O5. The van der Waals surface area contributed by atoms with Crippen molar-refractivity contribution in [3.05, 3.63) is 107 Å². The van der Waals surface area contributed by atoms with Gasteiger partial charge in [0.25, 0.3) is 0 Å². The quantitative estimate of drug-likeness (QED) is 0.207. The maximum Gasteiger partial charge on any atom is 0.214 e. The first-order valence-corrected chi connectivity index (χ1v) is 13.2. The third-order valence-corrected chi connectivity index (χ3v) is 6.89. The average Bonchev–Trinajstić information content (AvgIpc) is 3.35. The van der Waals surface area contributed by atoms with Crippen LogP contribution in [0, 0.1) is 17.1 Å². The Morgan fingerprint density at radius 1 is 1.00 bits per heavy atom. The van der Waals surface area contributed by atoms with Gasteiger partial charge in [-0.05, 0) is 36.4 Å². The third kappa shape index (κ3) is 6.24. The van der Waals surface area contributed by atoms with Crippen LogP contribution >= 0.6 is 0 Å². The van der Waals surface area contributed by atoms with E-state index in [9.17, 15) is 14.6 Å². The standard InChI is InChI=1S/C32H29FN4O5/c1-40-13-12-37-28-15-23(32(39)41-2)10-11-27(28)35-30(37)17-22-9-8-21(16-29(22)38)26-4-3-5-31(36-26)42-19-24-7-6-20(18-34)14-25(24)33/h3-11,14-16,32,38-39H,12-13,17,19H2,1-2H3. The average molecular weight is 569 g/mol. The Hall–Kier alpha value is -4.82. The Kier molecular flexibility index (Phi) is 8.74. The summed E-state index contributed by atoms with van der Waals surface area (Å²) in [5, 5.41) is 30.0. The number of aliphatic hydroxyl groups excluding tert-OH is 1. The van der Waals surface area contributed by atoms with Gasteiger partial charge in [-0.25, -0.2) is 14.4 Å². The predicted molar refractivity (Wildman–Crippen MR) is 153 cm³/mol. The van der Waals surface area contributed by atoms with Crippen LogP contribution in [0.1, 0.15) is 34.4 Å². The number of aliphatic hydroxyl groups is 1. The molecule has 42 heavy (non-hydrogen) atoms. The van der Waals surface area contributed by atoms with Crippen LogP contribution in [-0.4, -0.2) is 45.6 Å². The fourth-order valence-corrected chi connectivity index (χ4v) is 4.63. The van der Waals surface area contributed by atoms with Crippen molar-refractivity contribution >= 4 is 11.0 Å². The van der Waals surface area contributed by atoms with Crippen LogP contribution in [0.5, 0.6) is 11.6 Å². The summed E-state index contributed by atoms with van der Waals surface area (Å²) in [6.07, 6.45) is -0.686. The fraction of sp³-hybridized carbons (Fsp3) is 0.219. The second kappa shape index (κ2) is 12.8. The van der Waals surface area contributed by atoms with Crippen molar-refractivity contribution in [1.82, 2.24) is 14.5 Å². The van der Waals surface area contributed by atoms with Crippen molar-refractivity contribution in [2.24, 2.45) is 0 Å². The lowest BCUT2D eigenvalue weighted by Gasteiger charge is -2.12. The molecule has 0 aliphatic heterocycles. The van der Waals surface area contributed by atoms with E-state index >= 15 is 0 Å². The van der Waals surface area contributed by atoms with Crippen LogP contribution in [0.3, 0.4) is 0 Å². The monoisotopic (exact) mass is 568 g/mol. The Bertz CT molecular complexity index is 1760. The van der Waals surface area contributed by atoms with Crippen molar-refractivity contribution < 1.29 is 28.8 Å². The first-order valence-electron chi connectivity index (χ1n) is 13.2. The molecule has 0 amide bonds. The normalized spacial score (nSPS) is 11.9. The van der Waals surface area contributed by atoms with Gasteiger partial charge >= 0.3 is 0 Å². The minimum absolute atomic E-state index is 0.0474. The number of hydrogen-bond donors (Lipinski definition) is 2. The van der Waals surface area contributed by atoms with E-state index in [1.165, 1.54) is 25.3 Å². The number of methoxy groups -OCH3 is 2. The second-order valence-electron chi connectivity index (χ2n) is 9.60. The minimum atomic E-state index is -1.05. The number of pyridine rings is 1. The molecule has 5 rings (SSSR count). The van der Waals surface area contributed by atoms with Gasteiger partial charge in [0.2, 0.25) is 5.88 Å². The van der Waals surface area contributed by atoms with E-state index in [4.69, 9.17) is 24.5 Å². The van der Waals surface area contributed by atoms with Gasteiger partial charge in [0.15, 0.2) is 6.29 Å². The van der Waals surface area contributed by atoms with Crippen molar-refractivity contribution in [1.29, 1.82) is 5.26 Å². The lowest BCUT2D eigenvalue weighted by Crippen LogP contribution is -2.09. The van der Waals surface area contributed by atoms with E-state index in [1.54, 1.807) is 37.4 Å². The number of aromatic hydroxyl groups is 1. The molecule has 0 saturated heterocycles. The molecule has 2 heterocycles. The molecule has 0 spiro atoms. The van der Waals surface area contributed by atoms with Gasteiger partial charge in [-0.1, -0.05) is 30.3 Å². The van der Waals surface area contributed by atoms with E-state index in [2.05, 4.69) is 4.98 Å².